The number of esters is 1. The number of carbonyl (C=O) groups excluding carboxylic acids is 2. The first kappa shape index (κ1) is 18.9. The van der Waals surface area contributed by atoms with E-state index in [1.165, 1.54) is 42.9 Å². The number of hydrogen-bond donors (Lipinski definition) is 1. The standard InChI is InChI=1S/C22H26ClN3O3/c1-2-29-21(28)18-19(23)26-16(4-3-5-17(26)25-18)20(27)24-12-22-9-13-6-14(10-22)8-15(7-13)11-22/h3-5,13-15H,2,6-12H2,1H3,(H,24,27). The Kier molecular flexibility index (Phi) is 4.57. The highest BCUT2D eigenvalue weighted by Crippen LogP contribution is 2.59. The van der Waals surface area contributed by atoms with Gasteiger partial charge in [-0.25, -0.2) is 9.78 Å². The van der Waals surface area contributed by atoms with Crippen LogP contribution < -0.4 is 5.32 Å². The topological polar surface area (TPSA) is 72.7 Å². The van der Waals surface area contributed by atoms with Crippen molar-refractivity contribution in [3.05, 3.63) is 34.7 Å². The molecule has 4 bridgehead atoms. The van der Waals surface area contributed by atoms with Gasteiger partial charge in [-0.15, -0.1) is 0 Å². The van der Waals surface area contributed by atoms with E-state index in [0.29, 0.717) is 17.9 Å². The maximum atomic E-state index is 13.1. The molecule has 4 saturated carbocycles. The molecule has 0 saturated heterocycles. The normalized spacial score (nSPS) is 29.9. The van der Waals surface area contributed by atoms with E-state index < -0.39 is 5.97 Å². The Labute approximate surface area is 175 Å². The number of rotatable bonds is 5. The maximum absolute atomic E-state index is 13.1. The molecule has 1 N–H and O–H groups in total. The number of nitrogens with one attached hydrogen (secondary N) is 1. The Balaban J connectivity index is 1.38. The van der Waals surface area contributed by atoms with Gasteiger partial charge in [0.1, 0.15) is 16.5 Å². The van der Waals surface area contributed by atoms with Crippen molar-refractivity contribution < 1.29 is 14.3 Å². The van der Waals surface area contributed by atoms with Crippen molar-refractivity contribution in [2.24, 2.45) is 23.2 Å². The van der Waals surface area contributed by atoms with Gasteiger partial charge >= 0.3 is 5.97 Å². The van der Waals surface area contributed by atoms with Gasteiger partial charge in [0, 0.05) is 6.54 Å². The fourth-order valence-corrected chi connectivity index (χ4v) is 6.73. The smallest absolute Gasteiger partial charge is 0.360 e. The third kappa shape index (κ3) is 3.21. The second kappa shape index (κ2) is 7.01. The van der Waals surface area contributed by atoms with E-state index in [-0.39, 0.29) is 28.8 Å². The molecule has 4 fully saturated rings. The minimum absolute atomic E-state index is 0.0369. The largest absolute Gasteiger partial charge is 0.461 e. The summed E-state index contributed by atoms with van der Waals surface area (Å²) >= 11 is 6.41. The number of imidazole rings is 1. The molecule has 4 aliphatic carbocycles. The highest BCUT2D eigenvalue weighted by Gasteiger charge is 2.50. The van der Waals surface area contributed by atoms with E-state index in [0.717, 1.165) is 17.8 Å². The van der Waals surface area contributed by atoms with Gasteiger partial charge in [0.2, 0.25) is 0 Å². The Morgan fingerprint density at radius 1 is 1.21 bits per heavy atom. The zero-order valence-electron chi connectivity index (χ0n) is 16.6. The number of amides is 1. The zero-order valence-corrected chi connectivity index (χ0v) is 17.4. The van der Waals surface area contributed by atoms with Crippen molar-refractivity contribution in [3.8, 4) is 0 Å². The predicted molar refractivity (Wildman–Crippen MR) is 109 cm³/mol. The van der Waals surface area contributed by atoms with Crippen LogP contribution in [0.2, 0.25) is 5.15 Å². The minimum Gasteiger partial charge on any atom is -0.461 e. The number of pyridine rings is 1. The van der Waals surface area contributed by atoms with Crippen molar-refractivity contribution in [2.75, 3.05) is 13.2 Å². The number of hydrogen-bond acceptors (Lipinski definition) is 4. The lowest BCUT2D eigenvalue weighted by atomic mass is 9.49. The lowest BCUT2D eigenvalue weighted by Crippen LogP contribution is -2.51. The highest BCUT2D eigenvalue weighted by molar-refractivity contribution is 6.32. The molecule has 0 unspecified atom stereocenters. The first-order valence-corrected chi connectivity index (χ1v) is 11.0. The summed E-state index contributed by atoms with van der Waals surface area (Å²) in [5.74, 6) is 1.77. The van der Waals surface area contributed by atoms with Crippen LogP contribution in [0.15, 0.2) is 18.2 Å². The number of fused-ring (bicyclic) bond motifs is 1. The van der Waals surface area contributed by atoms with Crippen molar-refractivity contribution in [3.63, 3.8) is 0 Å². The molecule has 0 atom stereocenters. The van der Waals surface area contributed by atoms with E-state index in [9.17, 15) is 9.59 Å². The fraction of sp³-hybridized carbons (Fsp3) is 0.591. The van der Waals surface area contributed by atoms with Crippen LogP contribution in [-0.4, -0.2) is 34.4 Å². The van der Waals surface area contributed by atoms with Crippen LogP contribution in [0.3, 0.4) is 0 Å². The molecule has 0 aliphatic heterocycles. The molecule has 4 aliphatic rings. The zero-order chi connectivity index (χ0) is 20.2. The lowest BCUT2D eigenvalue weighted by Gasteiger charge is -2.56. The predicted octanol–water partition coefficient (Wildman–Crippen LogP) is 4.11. The van der Waals surface area contributed by atoms with Gasteiger partial charge in [0.15, 0.2) is 5.69 Å². The van der Waals surface area contributed by atoms with Crippen LogP contribution in [0.4, 0.5) is 0 Å². The highest BCUT2D eigenvalue weighted by atomic mass is 35.5. The van der Waals surface area contributed by atoms with E-state index in [1.54, 1.807) is 25.1 Å². The summed E-state index contributed by atoms with van der Waals surface area (Å²) in [5, 5.41) is 3.29. The molecule has 1 amide bonds. The number of carbonyl (C=O) groups is 2. The Morgan fingerprint density at radius 3 is 2.48 bits per heavy atom. The first-order valence-electron chi connectivity index (χ1n) is 10.6. The van der Waals surface area contributed by atoms with Crippen LogP contribution >= 0.6 is 11.6 Å². The Bertz CT molecular complexity index is 948. The molecule has 29 heavy (non-hydrogen) atoms. The summed E-state index contributed by atoms with van der Waals surface area (Å²) in [4.78, 5) is 29.5. The first-order chi connectivity index (χ1) is 14.0. The molecular weight excluding hydrogens is 390 g/mol. The average molecular weight is 416 g/mol. The van der Waals surface area contributed by atoms with Gasteiger partial charge in [-0.2, -0.15) is 0 Å². The Hall–Kier alpha value is -2.08. The molecule has 0 aromatic carbocycles. The molecule has 6 nitrogen and oxygen atoms in total. The quantitative estimate of drug-likeness (QED) is 0.746. The van der Waals surface area contributed by atoms with E-state index >= 15 is 0 Å². The minimum atomic E-state index is -0.582. The average Bonchev–Trinajstić information content (AvgIpc) is 3.02. The van der Waals surface area contributed by atoms with Crippen LogP contribution in [-0.2, 0) is 4.74 Å². The van der Waals surface area contributed by atoms with Gasteiger partial charge in [0.25, 0.3) is 5.91 Å². The number of ether oxygens (including phenoxy) is 1. The second-order valence-corrected chi connectivity index (χ2v) is 9.53. The van der Waals surface area contributed by atoms with Crippen LogP contribution in [0.25, 0.3) is 5.65 Å². The summed E-state index contributed by atoms with van der Waals surface area (Å²) < 4.78 is 6.55. The molecule has 2 aromatic rings. The van der Waals surface area contributed by atoms with Crippen LogP contribution in [0, 0.1) is 23.2 Å². The van der Waals surface area contributed by atoms with Crippen LogP contribution in [0.5, 0.6) is 0 Å². The third-order valence-corrected chi connectivity index (χ3v) is 7.43. The van der Waals surface area contributed by atoms with Gasteiger partial charge in [0.05, 0.1) is 6.61 Å². The molecule has 6 rings (SSSR count). The molecule has 0 radical (unpaired) electrons. The Morgan fingerprint density at radius 2 is 1.86 bits per heavy atom. The molecule has 2 aromatic heterocycles. The van der Waals surface area contributed by atoms with Crippen molar-refractivity contribution in [2.45, 2.75) is 45.4 Å². The monoisotopic (exact) mass is 415 g/mol. The number of halogens is 1. The molecule has 0 spiro atoms. The summed E-state index contributed by atoms with van der Waals surface area (Å²) in [6.07, 6.45) is 7.86. The van der Waals surface area contributed by atoms with Crippen molar-refractivity contribution in [1.29, 1.82) is 0 Å². The summed E-state index contributed by atoms with van der Waals surface area (Å²) in [6.45, 7) is 2.68. The molecule has 2 heterocycles. The van der Waals surface area contributed by atoms with Gasteiger partial charge in [-0.05, 0) is 80.8 Å². The number of nitrogens with zero attached hydrogens (tertiary/aromatic N) is 2. The fourth-order valence-electron chi connectivity index (χ4n) is 6.43. The molecule has 7 heteroatoms. The lowest BCUT2D eigenvalue weighted by molar-refractivity contribution is -0.0503. The van der Waals surface area contributed by atoms with Crippen LogP contribution in [0.1, 0.15) is 66.4 Å². The summed E-state index contributed by atoms with van der Waals surface area (Å²) in [6, 6.07) is 5.20. The van der Waals surface area contributed by atoms with Gasteiger partial charge < -0.3 is 10.1 Å². The van der Waals surface area contributed by atoms with Gasteiger partial charge in [-0.3, -0.25) is 9.20 Å². The second-order valence-electron chi connectivity index (χ2n) is 9.18. The maximum Gasteiger partial charge on any atom is 0.360 e. The third-order valence-electron chi connectivity index (χ3n) is 7.08. The number of aromatic nitrogens is 2. The van der Waals surface area contributed by atoms with Gasteiger partial charge in [-0.1, -0.05) is 17.7 Å². The van der Waals surface area contributed by atoms with E-state index in [1.807, 2.05) is 0 Å². The van der Waals surface area contributed by atoms with E-state index in [4.69, 9.17) is 16.3 Å². The van der Waals surface area contributed by atoms with E-state index in [2.05, 4.69) is 10.3 Å². The van der Waals surface area contributed by atoms with Crippen molar-refractivity contribution in [1.82, 2.24) is 14.7 Å². The molecular formula is C22H26ClN3O3. The van der Waals surface area contributed by atoms with Crippen molar-refractivity contribution >= 4 is 29.1 Å². The SMILES string of the molecule is CCOC(=O)c1nc2cccc(C(=O)NCC34CC5CC(CC(C5)C3)C4)n2c1Cl. The summed E-state index contributed by atoms with van der Waals surface area (Å²) in [7, 11) is 0. The summed E-state index contributed by atoms with van der Waals surface area (Å²) in [5.41, 5.74) is 1.14. The molecule has 154 valence electrons.